The normalized spacial score (nSPS) is 11.2. The summed E-state index contributed by atoms with van der Waals surface area (Å²) < 4.78 is 27.9. The molecule has 3 aromatic heterocycles. The van der Waals surface area contributed by atoms with E-state index in [1.165, 1.54) is 10.8 Å². The van der Waals surface area contributed by atoms with Gasteiger partial charge in [-0.05, 0) is 35.4 Å². The predicted molar refractivity (Wildman–Crippen MR) is 122 cm³/mol. The van der Waals surface area contributed by atoms with Gasteiger partial charge < -0.3 is 19.0 Å². The minimum atomic E-state index is -4.64. The molecule has 35 heavy (non-hydrogen) atoms. The molecule has 0 amide bonds. The Labute approximate surface area is 200 Å². The number of nitrogen functional groups attached to an aromatic ring is 1. The van der Waals surface area contributed by atoms with Gasteiger partial charge in [0, 0.05) is 24.8 Å². The van der Waals surface area contributed by atoms with Crippen LogP contribution in [0.1, 0.15) is 22.4 Å². The third-order valence-corrected chi connectivity index (χ3v) is 5.41. The second kappa shape index (κ2) is 10.5. The lowest BCUT2D eigenvalue weighted by atomic mass is 10.1. The van der Waals surface area contributed by atoms with Crippen LogP contribution in [0, 0.1) is 11.3 Å². The fourth-order valence-electron chi connectivity index (χ4n) is 3.19. The van der Waals surface area contributed by atoms with Gasteiger partial charge in [-0.25, -0.2) is 18.6 Å². The Bertz CT molecular complexity index is 1390. The molecule has 3 heterocycles. The molecule has 0 saturated carbocycles. The zero-order valence-corrected chi connectivity index (χ0v) is 19.2. The maximum Gasteiger partial charge on any atom is 0.472 e. The molecule has 1 aromatic carbocycles. The summed E-state index contributed by atoms with van der Waals surface area (Å²) in [4.78, 5) is 22.1. The first-order valence-electron chi connectivity index (χ1n) is 10.3. The number of anilines is 1. The lowest BCUT2D eigenvalue weighted by Gasteiger charge is -2.07. The Morgan fingerprint density at radius 1 is 1.14 bits per heavy atom. The average Bonchev–Trinajstić information content (AvgIpc) is 3.31. The van der Waals surface area contributed by atoms with Crippen LogP contribution in [0.2, 0.25) is 0 Å². The third-order valence-electron chi connectivity index (χ3n) is 4.96. The highest BCUT2D eigenvalue weighted by molar-refractivity contribution is 7.46. The molecule has 0 unspecified atom stereocenters. The molecule has 0 aliphatic heterocycles. The summed E-state index contributed by atoms with van der Waals surface area (Å²) in [6.45, 7) is -0.0847. The van der Waals surface area contributed by atoms with E-state index in [-0.39, 0.29) is 5.82 Å². The summed E-state index contributed by atoms with van der Waals surface area (Å²) in [6, 6.07) is 17.9. The van der Waals surface area contributed by atoms with Crippen molar-refractivity contribution in [3.8, 4) is 23.3 Å². The van der Waals surface area contributed by atoms with Crippen molar-refractivity contribution in [1.82, 2.24) is 10.1 Å². The number of phosphoric ester groups is 1. The standard InChI is InChI=1S/C23H20N5O6P/c24-12-16-3-5-17(6-4-16)14-32-22-8-7-18(13-26-22)10-19-11-21(34-27-19)20-2-1-9-28(23(20)25)15-33-35(29,30)31/h1-9,11,13,25H,10,14-15H2,(H2,29,30,31)/p+1. The van der Waals surface area contributed by atoms with Gasteiger partial charge in [0.25, 0.3) is 5.82 Å². The molecule has 0 fully saturated rings. The van der Waals surface area contributed by atoms with Crippen LogP contribution >= 0.6 is 7.82 Å². The van der Waals surface area contributed by atoms with Crippen molar-refractivity contribution in [2.45, 2.75) is 19.8 Å². The van der Waals surface area contributed by atoms with Crippen molar-refractivity contribution in [1.29, 1.82) is 5.26 Å². The Balaban J connectivity index is 1.38. The number of hydrogen-bond donors (Lipinski definition) is 3. The summed E-state index contributed by atoms with van der Waals surface area (Å²) in [7, 11) is -4.64. The van der Waals surface area contributed by atoms with Crippen LogP contribution in [0.4, 0.5) is 5.82 Å². The average molecular weight is 494 g/mol. The monoisotopic (exact) mass is 494 g/mol. The molecule has 0 spiro atoms. The number of hydrogen-bond acceptors (Lipinski definition) is 8. The number of nitriles is 1. The molecule has 0 bridgehead atoms. The van der Waals surface area contributed by atoms with Crippen molar-refractivity contribution in [3.05, 3.63) is 89.4 Å². The fourth-order valence-corrected chi connectivity index (χ4v) is 3.46. The highest BCUT2D eigenvalue weighted by Crippen LogP contribution is 2.35. The van der Waals surface area contributed by atoms with E-state index < -0.39 is 14.6 Å². The topological polar surface area (TPSA) is 169 Å². The zero-order valence-electron chi connectivity index (χ0n) is 18.3. The Morgan fingerprint density at radius 2 is 1.91 bits per heavy atom. The second-order valence-electron chi connectivity index (χ2n) is 7.49. The minimum Gasteiger partial charge on any atom is -0.473 e. The van der Waals surface area contributed by atoms with Crippen LogP contribution < -0.4 is 15.0 Å². The number of pyridine rings is 2. The molecule has 0 radical (unpaired) electrons. The largest absolute Gasteiger partial charge is 0.473 e. The molecule has 178 valence electrons. The van der Waals surface area contributed by atoms with E-state index in [2.05, 4.69) is 20.7 Å². The molecule has 12 heteroatoms. The van der Waals surface area contributed by atoms with Crippen LogP contribution in [0.15, 0.2) is 71.5 Å². The zero-order chi connectivity index (χ0) is 24.8. The van der Waals surface area contributed by atoms with E-state index in [0.29, 0.717) is 41.5 Å². The van der Waals surface area contributed by atoms with E-state index in [1.54, 1.807) is 42.6 Å². The van der Waals surface area contributed by atoms with E-state index in [0.717, 1.165) is 11.1 Å². The van der Waals surface area contributed by atoms with Gasteiger partial charge in [0.15, 0.2) is 5.76 Å². The molecule has 0 saturated heterocycles. The van der Waals surface area contributed by atoms with Crippen LogP contribution in [0.25, 0.3) is 11.3 Å². The van der Waals surface area contributed by atoms with Gasteiger partial charge in [0.1, 0.15) is 12.2 Å². The summed E-state index contributed by atoms with van der Waals surface area (Å²) in [5, 5.41) is 12.9. The molecule has 11 nitrogen and oxygen atoms in total. The van der Waals surface area contributed by atoms with Gasteiger partial charge in [-0.1, -0.05) is 23.4 Å². The van der Waals surface area contributed by atoms with Crippen molar-refractivity contribution in [3.63, 3.8) is 0 Å². The highest BCUT2D eigenvalue weighted by atomic mass is 31.2. The summed E-state index contributed by atoms with van der Waals surface area (Å²) in [6.07, 6.45) is 3.68. The first kappa shape index (κ1) is 24.1. The first-order chi connectivity index (χ1) is 16.8. The molecule has 0 atom stereocenters. The quantitative estimate of drug-likeness (QED) is 0.232. The maximum absolute atomic E-state index is 11.0. The number of benzene rings is 1. The van der Waals surface area contributed by atoms with Crippen LogP contribution in [0.5, 0.6) is 5.88 Å². The molecule has 4 N–H and O–H groups in total. The van der Waals surface area contributed by atoms with Crippen LogP contribution in [0.3, 0.4) is 0 Å². The van der Waals surface area contributed by atoms with Gasteiger partial charge in [-0.15, -0.1) is 0 Å². The predicted octanol–water partition coefficient (Wildman–Crippen LogP) is 2.71. The van der Waals surface area contributed by atoms with Crippen molar-refractivity contribution < 1.29 is 32.7 Å². The van der Waals surface area contributed by atoms with Gasteiger partial charge in [0.2, 0.25) is 12.6 Å². The molecular formula is C23H21N5O6P+. The summed E-state index contributed by atoms with van der Waals surface area (Å²) in [5.74, 6) is 1.07. The molecule has 4 rings (SSSR count). The number of ether oxygens (including phenoxy) is 1. The molecule has 4 aromatic rings. The maximum atomic E-state index is 11.0. The van der Waals surface area contributed by atoms with Gasteiger partial charge in [0.05, 0.1) is 23.5 Å². The van der Waals surface area contributed by atoms with Gasteiger partial charge in [-0.3, -0.25) is 5.73 Å². The highest BCUT2D eigenvalue weighted by Gasteiger charge is 2.20. The molecule has 0 aliphatic carbocycles. The molecular weight excluding hydrogens is 473 g/mol. The summed E-state index contributed by atoms with van der Waals surface area (Å²) >= 11 is 0. The van der Waals surface area contributed by atoms with Gasteiger partial charge in [-0.2, -0.15) is 5.26 Å². The van der Waals surface area contributed by atoms with Gasteiger partial charge >= 0.3 is 7.82 Å². The molecule has 0 aliphatic rings. The van der Waals surface area contributed by atoms with E-state index in [1.807, 2.05) is 18.2 Å². The third kappa shape index (κ3) is 6.50. The number of aromatic nitrogens is 3. The number of rotatable bonds is 9. The SMILES string of the molecule is N#Cc1ccc(COc2ccc(Cc3cc(-c4ccc[n+](COP(=O)(O)O)c4N)on3)cn2)cc1. The van der Waals surface area contributed by atoms with Crippen molar-refractivity contribution >= 4 is 13.6 Å². The fraction of sp³-hybridized carbons (Fsp3) is 0.130. The smallest absolute Gasteiger partial charge is 0.472 e. The van der Waals surface area contributed by atoms with Crippen molar-refractivity contribution in [2.75, 3.05) is 5.73 Å². The Morgan fingerprint density at radius 3 is 2.60 bits per heavy atom. The van der Waals surface area contributed by atoms with E-state index in [9.17, 15) is 4.57 Å². The second-order valence-corrected chi connectivity index (χ2v) is 8.73. The Hall–Kier alpha value is -4.07. The Kier molecular flexibility index (Phi) is 7.19. The minimum absolute atomic E-state index is 0.203. The number of phosphoric acid groups is 1. The summed E-state index contributed by atoms with van der Waals surface area (Å²) in [5.41, 5.74) is 9.68. The van der Waals surface area contributed by atoms with E-state index in [4.69, 9.17) is 30.0 Å². The lowest BCUT2D eigenvalue weighted by Crippen LogP contribution is -2.38. The lowest BCUT2D eigenvalue weighted by molar-refractivity contribution is -0.711. The van der Waals surface area contributed by atoms with E-state index >= 15 is 0 Å². The number of nitrogens with zero attached hydrogens (tertiary/aromatic N) is 4. The number of nitrogens with two attached hydrogens (primary N) is 1. The first-order valence-corrected chi connectivity index (χ1v) is 11.8. The van der Waals surface area contributed by atoms with Crippen LogP contribution in [-0.4, -0.2) is 19.9 Å². The van der Waals surface area contributed by atoms with Crippen LogP contribution in [-0.2, 0) is 28.8 Å². The van der Waals surface area contributed by atoms with Crippen molar-refractivity contribution in [2.24, 2.45) is 0 Å².